The van der Waals surface area contributed by atoms with Crippen molar-refractivity contribution < 1.29 is 4.79 Å². The summed E-state index contributed by atoms with van der Waals surface area (Å²) in [7, 11) is 3.71. The predicted octanol–water partition coefficient (Wildman–Crippen LogP) is 1.21. The fourth-order valence-corrected chi connectivity index (χ4v) is 1.63. The van der Waals surface area contributed by atoms with Crippen molar-refractivity contribution in [1.29, 1.82) is 0 Å². The molecular weight excluding hydrogens is 190 g/mol. The summed E-state index contributed by atoms with van der Waals surface area (Å²) in [5.41, 5.74) is 1.57. The molecule has 1 saturated carbocycles. The van der Waals surface area contributed by atoms with E-state index in [1.54, 1.807) is 9.58 Å². The normalized spacial score (nSPS) is 15.4. The van der Waals surface area contributed by atoms with Gasteiger partial charge in [0.05, 0.1) is 0 Å². The van der Waals surface area contributed by atoms with E-state index in [4.69, 9.17) is 0 Å². The zero-order valence-electron chi connectivity index (χ0n) is 9.53. The molecule has 4 nitrogen and oxygen atoms in total. The van der Waals surface area contributed by atoms with E-state index in [2.05, 4.69) is 5.10 Å². The molecule has 4 heteroatoms. The van der Waals surface area contributed by atoms with Crippen molar-refractivity contribution in [1.82, 2.24) is 14.7 Å². The number of carbonyl (C=O) groups is 1. The fourth-order valence-electron chi connectivity index (χ4n) is 1.63. The molecule has 0 aliphatic heterocycles. The number of nitrogens with zero attached hydrogens (tertiary/aromatic N) is 3. The maximum atomic E-state index is 11.9. The van der Waals surface area contributed by atoms with Crippen molar-refractivity contribution in [3.8, 4) is 0 Å². The zero-order valence-corrected chi connectivity index (χ0v) is 9.53. The molecule has 1 aromatic heterocycles. The Hall–Kier alpha value is -1.32. The van der Waals surface area contributed by atoms with E-state index < -0.39 is 0 Å². The maximum absolute atomic E-state index is 11.9. The molecule has 0 radical (unpaired) electrons. The molecule has 1 aromatic rings. The Bertz CT molecular complexity index is 360. The molecule has 0 N–H and O–H groups in total. The van der Waals surface area contributed by atoms with Crippen molar-refractivity contribution in [3.63, 3.8) is 0 Å². The minimum atomic E-state index is 0.0330. The van der Waals surface area contributed by atoms with Gasteiger partial charge in [-0.25, -0.2) is 0 Å². The lowest BCUT2D eigenvalue weighted by Gasteiger charge is -2.14. The largest absolute Gasteiger partial charge is 0.340 e. The third-order valence-corrected chi connectivity index (χ3v) is 2.91. The Balaban J connectivity index is 2.05. The number of hydrogen-bond acceptors (Lipinski definition) is 2. The molecule has 1 aliphatic rings. The van der Waals surface area contributed by atoms with Crippen LogP contribution in [0.25, 0.3) is 0 Å². The minimum absolute atomic E-state index is 0.0330. The molecule has 0 unspecified atom stereocenters. The minimum Gasteiger partial charge on any atom is -0.340 e. The summed E-state index contributed by atoms with van der Waals surface area (Å²) in [6.07, 6.45) is 2.53. The van der Waals surface area contributed by atoms with Gasteiger partial charge in [0.15, 0.2) is 5.69 Å². The van der Waals surface area contributed by atoms with E-state index in [0.717, 1.165) is 18.2 Å². The first-order valence-electron chi connectivity index (χ1n) is 5.34. The molecule has 2 rings (SSSR count). The lowest BCUT2D eigenvalue weighted by Crippen LogP contribution is -2.29. The summed E-state index contributed by atoms with van der Waals surface area (Å²) in [5, 5.41) is 4.18. The number of carbonyl (C=O) groups excluding carboxylic acids is 1. The SMILES string of the molecule is Cc1cc(C(=O)N(C)CC2CC2)nn1C. The van der Waals surface area contributed by atoms with Crippen LogP contribution in [0.2, 0.25) is 0 Å². The van der Waals surface area contributed by atoms with Crippen LogP contribution in [-0.4, -0.2) is 34.2 Å². The van der Waals surface area contributed by atoms with Crippen molar-refractivity contribution >= 4 is 5.91 Å². The van der Waals surface area contributed by atoms with Gasteiger partial charge in [-0.05, 0) is 31.7 Å². The zero-order chi connectivity index (χ0) is 11.0. The highest BCUT2D eigenvalue weighted by Gasteiger charge is 2.26. The molecular formula is C11H17N3O. The second kappa shape index (κ2) is 3.68. The smallest absolute Gasteiger partial charge is 0.274 e. The van der Waals surface area contributed by atoms with Gasteiger partial charge in [0, 0.05) is 26.3 Å². The van der Waals surface area contributed by atoms with Gasteiger partial charge in [-0.2, -0.15) is 5.10 Å². The number of hydrogen-bond donors (Lipinski definition) is 0. The molecule has 0 spiro atoms. The lowest BCUT2D eigenvalue weighted by atomic mass is 10.3. The first-order chi connectivity index (χ1) is 7.08. The van der Waals surface area contributed by atoms with Crippen molar-refractivity contribution in [2.45, 2.75) is 19.8 Å². The number of aryl methyl sites for hydroxylation is 2. The van der Waals surface area contributed by atoms with Crippen LogP contribution in [0.3, 0.4) is 0 Å². The molecule has 15 heavy (non-hydrogen) atoms. The van der Waals surface area contributed by atoms with Crippen LogP contribution in [0, 0.1) is 12.8 Å². The topological polar surface area (TPSA) is 38.1 Å². The average Bonchev–Trinajstić information content (AvgIpc) is 2.93. The number of aromatic nitrogens is 2. The van der Waals surface area contributed by atoms with Crippen LogP contribution in [0.1, 0.15) is 29.0 Å². The summed E-state index contributed by atoms with van der Waals surface area (Å²) in [4.78, 5) is 13.7. The molecule has 1 amide bonds. The van der Waals surface area contributed by atoms with E-state index in [9.17, 15) is 4.79 Å². The highest BCUT2D eigenvalue weighted by Crippen LogP contribution is 2.29. The van der Waals surface area contributed by atoms with Gasteiger partial charge in [-0.15, -0.1) is 0 Å². The standard InChI is InChI=1S/C11H17N3O/c1-8-6-10(12-14(8)3)11(15)13(2)7-9-4-5-9/h6,9H,4-5,7H2,1-3H3. The van der Waals surface area contributed by atoms with E-state index in [0.29, 0.717) is 5.69 Å². The highest BCUT2D eigenvalue weighted by atomic mass is 16.2. The van der Waals surface area contributed by atoms with Gasteiger partial charge in [0.25, 0.3) is 5.91 Å². The molecule has 1 fully saturated rings. The van der Waals surface area contributed by atoms with Gasteiger partial charge < -0.3 is 4.90 Å². The van der Waals surface area contributed by atoms with E-state index >= 15 is 0 Å². The van der Waals surface area contributed by atoms with Crippen molar-refractivity contribution in [3.05, 3.63) is 17.5 Å². The third-order valence-electron chi connectivity index (χ3n) is 2.91. The van der Waals surface area contributed by atoms with E-state index in [1.165, 1.54) is 12.8 Å². The molecule has 1 heterocycles. The first kappa shape index (κ1) is 10.2. The van der Waals surface area contributed by atoms with Gasteiger partial charge in [0.2, 0.25) is 0 Å². The Kier molecular flexibility index (Phi) is 2.50. The van der Waals surface area contributed by atoms with Gasteiger partial charge in [-0.3, -0.25) is 9.48 Å². The van der Waals surface area contributed by atoms with Crippen LogP contribution < -0.4 is 0 Å². The molecule has 82 valence electrons. The van der Waals surface area contributed by atoms with Gasteiger partial charge in [-0.1, -0.05) is 0 Å². The average molecular weight is 207 g/mol. The Morgan fingerprint density at radius 2 is 2.33 bits per heavy atom. The van der Waals surface area contributed by atoms with Gasteiger partial charge in [0.1, 0.15) is 0 Å². The summed E-state index contributed by atoms with van der Waals surface area (Å²) in [5.74, 6) is 0.759. The third kappa shape index (κ3) is 2.19. The van der Waals surface area contributed by atoms with Crippen molar-refractivity contribution in [2.75, 3.05) is 13.6 Å². The lowest BCUT2D eigenvalue weighted by molar-refractivity contribution is 0.0782. The molecule has 1 aliphatic carbocycles. The fraction of sp³-hybridized carbons (Fsp3) is 0.636. The molecule has 0 atom stereocenters. The monoisotopic (exact) mass is 207 g/mol. The van der Waals surface area contributed by atoms with Crippen LogP contribution in [0.5, 0.6) is 0 Å². The van der Waals surface area contributed by atoms with Crippen LogP contribution in [-0.2, 0) is 7.05 Å². The summed E-state index contributed by atoms with van der Waals surface area (Å²) >= 11 is 0. The quantitative estimate of drug-likeness (QED) is 0.747. The van der Waals surface area contributed by atoms with Crippen molar-refractivity contribution in [2.24, 2.45) is 13.0 Å². The first-order valence-corrected chi connectivity index (χ1v) is 5.34. The molecule has 0 bridgehead atoms. The predicted molar refractivity (Wildman–Crippen MR) is 57.6 cm³/mol. The van der Waals surface area contributed by atoms with Crippen LogP contribution in [0.15, 0.2) is 6.07 Å². The summed E-state index contributed by atoms with van der Waals surface area (Å²) in [6.45, 7) is 2.82. The van der Waals surface area contributed by atoms with Crippen LogP contribution >= 0.6 is 0 Å². The van der Waals surface area contributed by atoms with E-state index in [-0.39, 0.29) is 5.91 Å². The van der Waals surface area contributed by atoms with E-state index in [1.807, 2.05) is 27.1 Å². The second-order valence-corrected chi connectivity index (χ2v) is 4.42. The number of amides is 1. The molecule has 0 saturated heterocycles. The van der Waals surface area contributed by atoms with Gasteiger partial charge >= 0.3 is 0 Å². The summed E-state index contributed by atoms with van der Waals surface area (Å²) < 4.78 is 1.73. The Labute approximate surface area is 89.9 Å². The highest BCUT2D eigenvalue weighted by molar-refractivity contribution is 5.92. The molecule has 0 aromatic carbocycles. The van der Waals surface area contributed by atoms with Crippen LogP contribution in [0.4, 0.5) is 0 Å². The summed E-state index contributed by atoms with van der Waals surface area (Å²) in [6, 6.07) is 1.84. The maximum Gasteiger partial charge on any atom is 0.274 e. The second-order valence-electron chi connectivity index (χ2n) is 4.42. The number of rotatable bonds is 3. The Morgan fingerprint density at radius 3 is 2.80 bits per heavy atom. The Morgan fingerprint density at radius 1 is 1.67 bits per heavy atom.